The summed E-state index contributed by atoms with van der Waals surface area (Å²) in [5, 5.41) is 7.23. The summed E-state index contributed by atoms with van der Waals surface area (Å²) in [4.78, 5) is 26.9. The number of anilines is 1. The molecule has 0 saturated carbocycles. The summed E-state index contributed by atoms with van der Waals surface area (Å²) in [5.41, 5.74) is 3.80. The standard InChI is InChI=1S/C24H26N4O3/c1-17-8-10-19(11-9-17)22-23(31-16-21(29)27(22)2)24(30)26-20-14-25-28(15-20)13-12-18-6-4-3-5-7-18/h3-11,14-15,22-23H,12-13,16H2,1-2H3,(H,26,30). The minimum Gasteiger partial charge on any atom is -0.356 e. The van der Waals surface area contributed by atoms with E-state index in [1.807, 2.05) is 49.4 Å². The van der Waals surface area contributed by atoms with E-state index < -0.39 is 12.1 Å². The molecule has 31 heavy (non-hydrogen) atoms. The molecule has 0 radical (unpaired) electrons. The molecular formula is C24H26N4O3. The second-order valence-corrected chi connectivity index (χ2v) is 7.81. The van der Waals surface area contributed by atoms with Gasteiger partial charge >= 0.3 is 0 Å². The minimum atomic E-state index is -0.807. The lowest BCUT2D eigenvalue weighted by Gasteiger charge is -2.38. The fraction of sp³-hybridized carbons (Fsp3) is 0.292. The largest absolute Gasteiger partial charge is 0.356 e. The lowest BCUT2D eigenvalue weighted by molar-refractivity contribution is -0.160. The number of carbonyl (C=O) groups excluding carboxylic acids is 2. The second kappa shape index (κ2) is 9.14. The van der Waals surface area contributed by atoms with Gasteiger partial charge in [0.2, 0.25) is 5.91 Å². The van der Waals surface area contributed by atoms with Gasteiger partial charge in [0.05, 0.1) is 17.9 Å². The summed E-state index contributed by atoms with van der Waals surface area (Å²) in [7, 11) is 1.71. The normalized spacial score (nSPS) is 18.8. The Morgan fingerprint density at radius 3 is 2.65 bits per heavy atom. The number of hydrogen-bond acceptors (Lipinski definition) is 4. The molecule has 2 aromatic carbocycles. The number of benzene rings is 2. The van der Waals surface area contributed by atoms with E-state index in [-0.39, 0.29) is 18.4 Å². The number of carbonyl (C=O) groups is 2. The summed E-state index contributed by atoms with van der Waals surface area (Å²) in [6, 6.07) is 17.5. The number of likely N-dealkylation sites (N-methyl/N-ethyl adjacent to an activating group) is 1. The number of amides is 2. The topological polar surface area (TPSA) is 76.5 Å². The van der Waals surface area contributed by atoms with Crippen LogP contribution in [0.2, 0.25) is 0 Å². The number of nitrogens with zero attached hydrogens (tertiary/aromatic N) is 3. The maximum absolute atomic E-state index is 13.0. The van der Waals surface area contributed by atoms with Gasteiger partial charge < -0.3 is 15.0 Å². The molecule has 7 nitrogen and oxygen atoms in total. The van der Waals surface area contributed by atoms with E-state index in [1.54, 1.807) is 29.0 Å². The number of hydrogen-bond donors (Lipinski definition) is 1. The van der Waals surface area contributed by atoms with Gasteiger partial charge in [0.25, 0.3) is 5.91 Å². The summed E-state index contributed by atoms with van der Waals surface area (Å²) >= 11 is 0. The number of aromatic nitrogens is 2. The van der Waals surface area contributed by atoms with Crippen LogP contribution < -0.4 is 5.32 Å². The fourth-order valence-electron chi connectivity index (χ4n) is 3.75. The molecule has 1 saturated heterocycles. The Hall–Kier alpha value is -3.45. The summed E-state index contributed by atoms with van der Waals surface area (Å²) in [6.45, 7) is 2.59. The van der Waals surface area contributed by atoms with Crippen LogP contribution in [0.5, 0.6) is 0 Å². The van der Waals surface area contributed by atoms with Gasteiger partial charge in [0.15, 0.2) is 6.10 Å². The molecule has 2 amide bonds. The van der Waals surface area contributed by atoms with Crippen LogP contribution >= 0.6 is 0 Å². The lowest BCUT2D eigenvalue weighted by atomic mass is 9.96. The molecule has 1 aliphatic rings. The molecule has 1 aliphatic heterocycles. The van der Waals surface area contributed by atoms with Crippen molar-refractivity contribution in [3.63, 3.8) is 0 Å². The smallest absolute Gasteiger partial charge is 0.256 e. The van der Waals surface area contributed by atoms with Crippen molar-refractivity contribution >= 4 is 17.5 Å². The summed E-state index contributed by atoms with van der Waals surface area (Å²) in [5.74, 6) is -0.448. The van der Waals surface area contributed by atoms with Crippen molar-refractivity contribution in [3.05, 3.63) is 83.7 Å². The van der Waals surface area contributed by atoms with E-state index in [0.29, 0.717) is 12.2 Å². The molecule has 2 unspecified atom stereocenters. The van der Waals surface area contributed by atoms with Crippen molar-refractivity contribution in [1.29, 1.82) is 0 Å². The van der Waals surface area contributed by atoms with Crippen LogP contribution in [0.1, 0.15) is 22.7 Å². The highest BCUT2D eigenvalue weighted by atomic mass is 16.5. The Morgan fingerprint density at radius 1 is 1.16 bits per heavy atom. The zero-order valence-electron chi connectivity index (χ0n) is 17.7. The van der Waals surface area contributed by atoms with Crippen molar-refractivity contribution in [2.45, 2.75) is 32.0 Å². The Morgan fingerprint density at radius 2 is 1.90 bits per heavy atom. The first-order valence-electron chi connectivity index (χ1n) is 10.3. The minimum absolute atomic E-state index is 0.118. The van der Waals surface area contributed by atoms with Crippen molar-refractivity contribution in [2.24, 2.45) is 0 Å². The highest BCUT2D eigenvalue weighted by molar-refractivity contribution is 5.96. The van der Waals surface area contributed by atoms with Gasteiger partial charge in [-0.25, -0.2) is 0 Å². The third-order valence-corrected chi connectivity index (χ3v) is 5.53. The summed E-state index contributed by atoms with van der Waals surface area (Å²) in [6.07, 6.45) is 3.48. The zero-order chi connectivity index (χ0) is 21.8. The maximum atomic E-state index is 13.0. The van der Waals surface area contributed by atoms with Crippen molar-refractivity contribution < 1.29 is 14.3 Å². The SMILES string of the molecule is Cc1ccc(C2C(C(=O)Nc3cnn(CCc4ccccc4)c3)OCC(=O)N2C)cc1. The fourth-order valence-corrected chi connectivity index (χ4v) is 3.75. The quantitative estimate of drug-likeness (QED) is 0.668. The van der Waals surface area contributed by atoms with E-state index >= 15 is 0 Å². The van der Waals surface area contributed by atoms with Gasteiger partial charge in [-0.3, -0.25) is 14.3 Å². The van der Waals surface area contributed by atoms with Crippen LogP contribution in [0, 0.1) is 6.92 Å². The molecule has 7 heteroatoms. The lowest BCUT2D eigenvalue weighted by Crippen LogP contribution is -2.51. The molecule has 0 bridgehead atoms. The van der Waals surface area contributed by atoms with Gasteiger partial charge in [-0.05, 0) is 24.5 Å². The Bertz CT molecular complexity index is 1050. The predicted molar refractivity (Wildman–Crippen MR) is 117 cm³/mol. The number of nitrogens with one attached hydrogen (secondary N) is 1. The summed E-state index contributed by atoms with van der Waals surface area (Å²) < 4.78 is 7.48. The van der Waals surface area contributed by atoms with E-state index in [4.69, 9.17) is 4.74 Å². The van der Waals surface area contributed by atoms with Gasteiger partial charge in [-0.15, -0.1) is 0 Å². The number of aryl methyl sites for hydroxylation is 3. The maximum Gasteiger partial charge on any atom is 0.256 e. The molecule has 1 aromatic heterocycles. The number of rotatable bonds is 6. The number of morpholine rings is 1. The monoisotopic (exact) mass is 418 g/mol. The number of ether oxygens (including phenoxy) is 1. The molecule has 1 N–H and O–H groups in total. The Kier molecular flexibility index (Phi) is 6.13. The van der Waals surface area contributed by atoms with Gasteiger partial charge in [-0.1, -0.05) is 60.2 Å². The average molecular weight is 418 g/mol. The van der Waals surface area contributed by atoms with E-state index in [0.717, 1.165) is 17.5 Å². The van der Waals surface area contributed by atoms with Gasteiger partial charge in [-0.2, -0.15) is 5.10 Å². The van der Waals surface area contributed by atoms with Crippen molar-refractivity contribution in [3.8, 4) is 0 Å². The molecule has 0 spiro atoms. The highest BCUT2D eigenvalue weighted by Gasteiger charge is 2.40. The molecule has 2 atom stereocenters. The Labute approximate surface area is 181 Å². The van der Waals surface area contributed by atoms with E-state index in [9.17, 15) is 9.59 Å². The van der Waals surface area contributed by atoms with Gasteiger partial charge in [0, 0.05) is 19.8 Å². The van der Waals surface area contributed by atoms with Crippen LogP contribution in [-0.4, -0.2) is 46.3 Å². The van der Waals surface area contributed by atoms with Crippen LogP contribution in [0.4, 0.5) is 5.69 Å². The Balaban J connectivity index is 1.44. The van der Waals surface area contributed by atoms with Crippen LogP contribution in [-0.2, 0) is 27.3 Å². The molecule has 4 rings (SSSR count). The third-order valence-electron chi connectivity index (χ3n) is 5.53. The second-order valence-electron chi connectivity index (χ2n) is 7.81. The van der Waals surface area contributed by atoms with Gasteiger partial charge in [0.1, 0.15) is 6.61 Å². The van der Waals surface area contributed by atoms with Crippen molar-refractivity contribution in [2.75, 3.05) is 19.0 Å². The van der Waals surface area contributed by atoms with Crippen LogP contribution in [0.3, 0.4) is 0 Å². The molecular weight excluding hydrogens is 392 g/mol. The van der Waals surface area contributed by atoms with E-state index in [1.165, 1.54) is 5.56 Å². The average Bonchev–Trinajstić information content (AvgIpc) is 3.23. The van der Waals surface area contributed by atoms with Crippen LogP contribution in [0.15, 0.2) is 67.0 Å². The third kappa shape index (κ3) is 4.83. The van der Waals surface area contributed by atoms with Crippen LogP contribution in [0.25, 0.3) is 0 Å². The molecule has 160 valence electrons. The molecule has 1 fully saturated rings. The molecule has 3 aromatic rings. The molecule has 2 heterocycles. The van der Waals surface area contributed by atoms with E-state index in [2.05, 4.69) is 22.5 Å². The molecule has 0 aliphatic carbocycles. The highest BCUT2D eigenvalue weighted by Crippen LogP contribution is 2.30. The first-order chi connectivity index (χ1) is 15.0. The van der Waals surface area contributed by atoms with Crippen molar-refractivity contribution in [1.82, 2.24) is 14.7 Å². The zero-order valence-corrected chi connectivity index (χ0v) is 17.7. The first kappa shape index (κ1) is 20.8. The first-order valence-corrected chi connectivity index (χ1v) is 10.3. The predicted octanol–water partition coefficient (Wildman–Crippen LogP) is 2.97.